The number of carboxylic acid groups (broad SMARTS) is 1. The number of ether oxygens (including phenoxy) is 1. The number of halogens is 1. The van der Waals surface area contributed by atoms with Crippen LogP contribution in [0.25, 0.3) is 10.1 Å². The predicted octanol–water partition coefficient (Wildman–Crippen LogP) is 3.07. The Morgan fingerprint density at radius 2 is 2.08 bits per heavy atom. The number of carbonyl (C=O) groups excluding carboxylic acids is 1. The lowest BCUT2D eigenvalue weighted by molar-refractivity contribution is 0.0698. The van der Waals surface area contributed by atoms with Crippen molar-refractivity contribution in [3.8, 4) is 5.75 Å². The van der Waals surface area contributed by atoms with E-state index in [2.05, 4.69) is 9.69 Å². The third-order valence-corrected chi connectivity index (χ3v) is 4.55. The third-order valence-electron chi connectivity index (χ3n) is 3.68. The van der Waals surface area contributed by atoms with Gasteiger partial charge in [0, 0.05) is 18.1 Å². The van der Waals surface area contributed by atoms with Crippen LogP contribution < -0.4 is 10.1 Å². The molecule has 8 heteroatoms. The Bertz CT molecular complexity index is 970. The molecule has 0 spiro atoms. The van der Waals surface area contributed by atoms with E-state index < -0.39 is 17.7 Å². The highest BCUT2D eigenvalue weighted by molar-refractivity contribution is 7.13. The molecule has 0 aliphatic rings. The Labute approximate surface area is 146 Å². The molecule has 128 valence electrons. The largest absolute Gasteiger partial charge is 0.496 e. The van der Waals surface area contributed by atoms with Crippen LogP contribution in [0.5, 0.6) is 5.75 Å². The number of aromatic carboxylic acids is 1. The van der Waals surface area contributed by atoms with E-state index in [1.165, 1.54) is 31.5 Å². The van der Waals surface area contributed by atoms with E-state index in [1.807, 2.05) is 0 Å². The van der Waals surface area contributed by atoms with Gasteiger partial charge in [0.25, 0.3) is 5.91 Å². The summed E-state index contributed by atoms with van der Waals surface area (Å²) in [6, 6.07) is 6.80. The molecule has 1 aromatic heterocycles. The van der Waals surface area contributed by atoms with Crippen LogP contribution in [0, 0.1) is 5.82 Å². The van der Waals surface area contributed by atoms with Crippen molar-refractivity contribution in [1.29, 1.82) is 0 Å². The highest BCUT2D eigenvalue weighted by Gasteiger charge is 2.16. The zero-order chi connectivity index (χ0) is 18.0. The predicted molar refractivity (Wildman–Crippen MR) is 90.7 cm³/mol. The number of nitrogens with one attached hydrogen (secondary N) is 1. The van der Waals surface area contributed by atoms with Crippen LogP contribution >= 0.6 is 11.5 Å². The maximum Gasteiger partial charge on any atom is 0.336 e. The molecule has 0 aliphatic heterocycles. The van der Waals surface area contributed by atoms with Crippen molar-refractivity contribution in [1.82, 2.24) is 9.69 Å². The van der Waals surface area contributed by atoms with Crippen molar-refractivity contribution < 1.29 is 23.8 Å². The molecular formula is C17H13FN2O4S. The van der Waals surface area contributed by atoms with E-state index in [0.717, 1.165) is 23.2 Å². The van der Waals surface area contributed by atoms with Gasteiger partial charge in [0.1, 0.15) is 11.6 Å². The molecule has 1 amide bonds. The molecular weight excluding hydrogens is 347 g/mol. The summed E-state index contributed by atoms with van der Waals surface area (Å²) in [6.45, 7) is 0.150. The van der Waals surface area contributed by atoms with Crippen molar-refractivity contribution >= 4 is 33.5 Å². The van der Waals surface area contributed by atoms with Crippen LogP contribution in [-0.4, -0.2) is 28.5 Å². The lowest BCUT2D eigenvalue weighted by Gasteiger charge is -2.10. The summed E-state index contributed by atoms with van der Waals surface area (Å²) < 4.78 is 23.2. The molecule has 0 atom stereocenters. The summed E-state index contributed by atoms with van der Waals surface area (Å²) in [5.41, 5.74) is 0.974. The van der Waals surface area contributed by atoms with E-state index in [9.17, 15) is 19.1 Å². The second-order valence-electron chi connectivity index (χ2n) is 5.17. The van der Waals surface area contributed by atoms with Gasteiger partial charge in [0.2, 0.25) is 0 Å². The first-order valence-electron chi connectivity index (χ1n) is 7.22. The summed E-state index contributed by atoms with van der Waals surface area (Å²) in [6.07, 6.45) is 1.49. The zero-order valence-corrected chi connectivity index (χ0v) is 13.9. The van der Waals surface area contributed by atoms with Gasteiger partial charge in [0.15, 0.2) is 0 Å². The molecule has 0 bridgehead atoms. The summed E-state index contributed by atoms with van der Waals surface area (Å²) in [4.78, 5) is 23.6. The van der Waals surface area contributed by atoms with E-state index >= 15 is 0 Å². The number of carboxylic acids is 1. The first-order chi connectivity index (χ1) is 12.0. The molecule has 0 fully saturated rings. The normalized spacial score (nSPS) is 10.6. The Morgan fingerprint density at radius 1 is 1.28 bits per heavy atom. The van der Waals surface area contributed by atoms with Gasteiger partial charge >= 0.3 is 5.97 Å². The third kappa shape index (κ3) is 3.29. The minimum Gasteiger partial charge on any atom is -0.496 e. The SMILES string of the molecule is COc1ccc(F)cc1C(=O)NCc1ccc(C(=O)O)c2cnsc12. The van der Waals surface area contributed by atoms with Crippen LogP contribution in [0.1, 0.15) is 26.3 Å². The molecule has 2 N–H and O–H groups in total. The molecule has 0 aliphatic carbocycles. The number of aromatic nitrogens is 1. The van der Waals surface area contributed by atoms with Crippen molar-refractivity contribution in [2.45, 2.75) is 6.54 Å². The molecule has 0 radical (unpaired) electrons. The van der Waals surface area contributed by atoms with Gasteiger partial charge in [-0.1, -0.05) is 6.07 Å². The van der Waals surface area contributed by atoms with Crippen molar-refractivity contribution in [2.75, 3.05) is 7.11 Å². The quantitative estimate of drug-likeness (QED) is 0.730. The van der Waals surface area contributed by atoms with E-state index in [4.69, 9.17) is 4.74 Å². The Hall–Kier alpha value is -3.00. The van der Waals surface area contributed by atoms with Gasteiger partial charge in [-0.3, -0.25) is 4.79 Å². The summed E-state index contributed by atoms with van der Waals surface area (Å²) in [5, 5.41) is 12.4. The first kappa shape index (κ1) is 16.8. The molecule has 0 saturated carbocycles. The fourth-order valence-electron chi connectivity index (χ4n) is 2.47. The van der Waals surface area contributed by atoms with Gasteiger partial charge in [-0.2, -0.15) is 4.37 Å². The molecule has 25 heavy (non-hydrogen) atoms. The molecule has 3 rings (SSSR count). The molecule has 6 nitrogen and oxygen atoms in total. The number of fused-ring (bicyclic) bond motifs is 1. The van der Waals surface area contributed by atoms with Crippen molar-refractivity contribution in [3.63, 3.8) is 0 Å². The van der Waals surface area contributed by atoms with Gasteiger partial charge in [-0.15, -0.1) is 0 Å². The van der Waals surface area contributed by atoms with E-state index in [0.29, 0.717) is 10.1 Å². The minimum atomic E-state index is -1.04. The maximum atomic E-state index is 13.4. The standard InChI is InChI=1S/C17H13FN2O4S/c1-24-14-5-3-10(18)6-12(14)16(21)19-7-9-2-4-11(17(22)23)13-8-20-25-15(9)13/h2-6,8H,7H2,1H3,(H,19,21)(H,22,23). The first-order valence-corrected chi connectivity index (χ1v) is 8.00. The molecule has 3 aromatic rings. The molecule has 2 aromatic carbocycles. The lowest BCUT2D eigenvalue weighted by Crippen LogP contribution is -2.23. The lowest BCUT2D eigenvalue weighted by atomic mass is 10.1. The number of nitrogens with zero attached hydrogens (tertiary/aromatic N) is 1. The summed E-state index contributed by atoms with van der Waals surface area (Å²) in [5.74, 6) is -1.80. The summed E-state index contributed by atoms with van der Waals surface area (Å²) >= 11 is 1.15. The average molecular weight is 360 g/mol. The number of hydrogen-bond acceptors (Lipinski definition) is 5. The number of amides is 1. The Morgan fingerprint density at radius 3 is 2.80 bits per heavy atom. The van der Waals surface area contributed by atoms with E-state index in [1.54, 1.807) is 6.07 Å². The summed E-state index contributed by atoms with van der Waals surface area (Å²) in [7, 11) is 1.40. The second-order valence-corrected chi connectivity index (χ2v) is 5.97. The number of rotatable bonds is 5. The van der Waals surface area contributed by atoms with E-state index in [-0.39, 0.29) is 23.4 Å². The van der Waals surface area contributed by atoms with Crippen molar-refractivity contribution in [2.24, 2.45) is 0 Å². The van der Waals surface area contributed by atoms with Crippen LogP contribution in [0.15, 0.2) is 36.5 Å². The molecule has 0 unspecified atom stereocenters. The highest BCUT2D eigenvalue weighted by atomic mass is 32.1. The number of methoxy groups -OCH3 is 1. The molecule has 1 heterocycles. The molecule has 0 saturated heterocycles. The average Bonchev–Trinajstić information content (AvgIpc) is 3.08. The fraction of sp³-hybridized carbons (Fsp3) is 0.118. The minimum absolute atomic E-state index is 0.0882. The van der Waals surface area contributed by atoms with Crippen LogP contribution in [0.4, 0.5) is 4.39 Å². The number of carbonyl (C=O) groups is 2. The monoisotopic (exact) mass is 360 g/mol. The topological polar surface area (TPSA) is 88.5 Å². The number of hydrogen-bond donors (Lipinski definition) is 2. The van der Waals surface area contributed by atoms with Gasteiger partial charge in [0.05, 0.1) is 22.9 Å². The van der Waals surface area contributed by atoms with Crippen LogP contribution in [0.3, 0.4) is 0 Å². The number of benzene rings is 2. The van der Waals surface area contributed by atoms with Crippen molar-refractivity contribution in [3.05, 3.63) is 59.0 Å². The van der Waals surface area contributed by atoms with Crippen LogP contribution in [0.2, 0.25) is 0 Å². The zero-order valence-electron chi connectivity index (χ0n) is 13.1. The van der Waals surface area contributed by atoms with Gasteiger partial charge < -0.3 is 15.2 Å². The highest BCUT2D eigenvalue weighted by Crippen LogP contribution is 2.26. The Kier molecular flexibility index (Phi) is 4.62. The second kappa shape index (κ2) is 6.86. The van der Waals surface area contributed by atoms with Gasteiger partial charge in [-0.05, 0) is 41.4 Å². The smallest absolute Gasteiger partial charge is 0.336 e. The van der Waals surface area contributed by atoms with Gasteiger partial charge in [-0.25, -0.2) is 9.18 Å². The van der Waals surface area contributed by atoms with Crippen LogP contribution in [-0.2, 0) is 6.54 Å². The fourth-order valence-corrected chi connectivity index (χ4v) is 3.25. The Balaban J connectivity index is 1.85. The maximum absolute atomic E-state index is 13.4.